The fourth-order valence-corrected chi connectivity index (χ4v) is 4.09. The molecule has 0 bridgehead atoms. The second-order valence-electron chi connectivity index (χ2n) is 6.59. The predicted molar refractivity (Wildman–Crippen MR) is 115 cm³/mol. The average Bonchev–Trinajstić information content (AvgIpc) is 2.71. The molecular formula is C22H20BrF2O4P. The summed E-state index contributed by atoms with van der Waals surface area (Å²) in [5.74, 6) is 0.0371. The van der Waals surface area contributed by atoms with Crippen LogP contribution in [-0.4, -0.2) is 11.5 Å². The van der Waals surface area contributed by atoms with Gasteiger partial charge in [0.15, 0.2) is 0 Å². The second kappa shape index (κ2) is 10.4. The van der Waals surface area contributed by atoms with Crippen molar-refractivity contribution in [2.45, 2.75) is 18.6 Å². The third-order valence-electron chi connectivity index (χ3n) is 4.52. The van der Waals surface area contributed by atoms with Gasteiger partial charge in [0.05, 0.1) is 18.8 Å². The highest BCUT2D eigenvalue weighted by molar-refractivity contribution is 9.10. The topological polar surface area (TPSA) is 55.8 Å². The Labute approximate surface area is 182 Å². The van der Waals surface area contributed by atoms with Crippen LogP contribution in [0.1, 0.15) is 28.2 Å². The third-order valence-corrected chi connectivity index (χ3v) is 5.61. The first kappa shape index (κ1) is 22.8. The van der Waals surface area contributed by atoms with E-state index in [1.165, 1.54) is 12.1 Å². The molecule has 0 saturated carbocycles. The molecule has 1 atom stereocenters. The maximum absolute atomic E-state index is 13.9. The Morgan fingerprint density at radius 3 is 2.03 bits per heavy atom. The molecule has 3 aromatic rings. The van der Waals surface area contributed by atoms with Gasteiger partial charge in [-0.2, -0.15) is 8.78 Å². The van der Waals surface area contributed by atoms with Crippen molar-refractivity contribution >= 4 is 24.2 Å². The zero-order valence-corrected chi connectivity index (χ0v) is 18.4. The van der Waals surface area contributed by atoms with Gasteiger partial charge in [-0.3, -0.25) is 4.57 Å². The highest BCUT2D eigenvalue weighted by atomic mass is 79.9. The molecule has 0 aromatic heterocycles. The molecule has 8 heteroatoms. The lowest BCUT2D eigenvalue weighted by Crippen LogP contribution is -2.15. The van der Waals surface area contributed by atoms with Crippen molar-refractivity contribution in [1.29, 1.82) is 0 Å². The normalized spacial score (nSPS) is 12.8. The Hall–Kier alpha value is -1.89. The van der Waals surface area contributed by atoms with E-state index in [1.54, 1.807) is 0 Å². The molecular weight excluding hydrogens is 477 g/mol. The summed E-state index contributed by atoms with van der Waals surface area (Å²) in [4.78, 5) is 8.66. The van der Waals surface area contributed by atoms with E-state index in [9.17, 15) is 13.3 Å². The highest BCUT2D eigenvalue weighted by Crippen LogP contribution is 2.41. The molecule has 4 nitrogen and oxygen atoms in total. The van der Waals surface area contributed by atoms with Gasteiger partial charge in [0.2, 0.25) is 0 Å². The number of halogens is 3. The lowest BCUT2D eigenvalue weighted by molar-refractivity contribution is -0.186. The van der Waals surface area contributed by atoms with Crippen molar-refractivity contribution in [3.8, 4) is 0 Å². The largest absolute Gasteiger partial charge is 0.390 e. The lowest BCUT2D eigenvalue weighted by atomic mass is 9.92. The maximum Gasteiger partial charge on any atom is 0.390 e. The molecule has 1 N–H and O–H groups in total. The van der Waals surface area contributed by atoms with Crippen LogP contribution in [-0.2, 0) is 26.5 Å². The highest BCUT2D eigenvalue weighted by Gasteiger charge is 2.37. The summed E-state index contributed by atoms with van der Waals surface area (Å²) in [7, 11) is -3.79. The number of hydrogen-bond acceptors (Lipinski definition) is 3. The van der Waals surface area contributed by atoms with Crippen LogP contribution in [0.4, 0.5) is 8.78 Å². The zero-order chi connectivity index (χ0) is 21.6. The van der Waals surface area contributed by atoms with Crippen molar-refractivity contribution in [1.82, 2.24) is 0 Å². The van der Waals surface area contributed by atoms with Crippen molar-refractivity contribution < 1.29 is 27.5 Å². The molecule has 0 heterocycles. The van der Waals surface area contributed by atoms with Gasteiger partial charge in [-0.05, 0) is 28.8 Å². The van der Waals surface area contributed by atoms with E-state index in [-0.39, 0.29) is 17.0 Å². The fourth-order valence-electron chi connectivity index (χ4n) is 3.10. The van der Waals surface area contributed by atoms with Gasteiger partial charge in [-0.15, -0.1) is 0 Å². The van der Waals surface area contributed by atoms with Crippen LogP contribution in [0.25, 0.3) is 0 Å². The van der Waals surface area contributed by atoms with Crippen LogP contribution in [0.2, 0.25) is 0 Å². The first-order valence-corrected chi connectivity index (χ1v) is 11.2. The first-order chi connectivity index (χ1) is 14.4. The van der Waals surface area contributed by atoms with Gasteiger partial charge in [-0.25, -0.2) is 4.52 Å². The van der Waals surface area contributed by atoms with Crippen LogP contribution in [0.3, 0.4) is 0 Å². The Bertz CT molecular complexity index is 947. The average molecular weight is 497 g/mol. The smallest absolute Gasteiger partial charge is 0.376 e. The summed E-state index contributed by atoms with van der Waals surface area (Å²) < 4.78 is 48.3. The summed E-state index contributed by atoms with van der Waals surface area (Å²) in [6.45, 7) is 0.636. The molecule has 3 aromatic carbocycles. The van der Waals surface area contributed by atoms with Crippen LogP contribution >= 0.6 is 24.2 Å². The SMILES string of the molecule is O=[PH](O)OC(F)(F)c1ccc(COCC(c2ccccc2)c2ccccc2)cc1Br. The maximum atomic E-state index is 13.9. The molecule has 3 rings (SSSR count). The summed E-state index contributed by atoms with van der Waals surface area (Å²) in [5.41, 5.74) is 2.40. The van der Waals surface area contributed by atoms with E-state index >= 15 is 0 Å². The third kappa shape index (κ3) is 6.06. The van der Waals surface area contributed by atoms with Crippen molar-refractivity contribution in [3.63, 3.8) is 0 Å². The minimum Gasteiger partial charge on any atom is -0.376 e. The van der Waals surface area contributed by atoms with E-state index in [2.05, 4.69) is 20.5 Å². The summed E-state index contributed by atoms with van der Waals surface area (Å²) in [6, 6.07) is 24.1. The van der Waals surface area contributed by atoms with Gasteiger partial charge in [0.25, 0.3) is 0 Å². The van der Waals surface area contributed by atoms with E-state index in [0.29, 0.717) is 12.2 Å². The second-order valence-corrected chi connectivity index (χ2v) is 8.18. The molecule has 1 unspecified atom stereocenters. The monoisotopic (exact) mass is 496 g/mol. The van der Waals surface area contributed by atoms with Crippen molar-refractivity contribution in [2.75, 3.05) is 6.61 Å². The molecule has 0 amide bonds. The van der Waals surface area contributed by atoms with E-state index in [0.717, 1.165) is 17.2 Å². The molecule has 30 heavy (non-hydrogen) atoms. The van der Waals surface area contributed by atoms with Gasteiger partial charge in [0.1, 0.15) is 0 Å². The Kier molecular flexibility index (Phi) is 7.92. The number of hydrogen-bond donors (Lipinski definition) is 1. The summed E-state index contributed by atoms with van der Waals surface area (Å²) in [6.07, 6.45) is -3.87. The van der Waals surface area contributed by atoms with Gasteiger partial charge >= 0.3 is 14.4 Å². The molecule has 0 aliphatic heterocycles. The van der Waals surface area contributed by atoms with Crippen LogP contribution in [0.5, 0.6) is 0 Å². The quantitative estimate of drug-likeness (QED) is 0.356. The molecule has 158 valence electrons. The van der Waals surface area contributed by atoms with Gasteiger partial charge in [0, 0.05) is 10.4 Å². The Morgan fingerprint density at radius 2 is 1.53 bits per heavy atom. The summed E-state index contributed by atoms with van der Waals surface area (Å²) in [5, 5.41) is 0. The molecule has 0 radical (unpaired) electrons. The molecule has 0 fully saturated rings. The van der Waals surface area contributed by atoms with Gasteiger partial charge in [-0.1, -0.05) is 82.7 Å². The van der Waals surface area contributed by atoms with Crippen LogP contribution in [0, 0.1) is 0 Å². The van der Waals surface area contributed by atoms with E-state index < -0.39 is 19.9 Å². The first-order valence-electron chi connectivity index (χ1n) is 9.13. The van der Waals surface area contributed by atoms with Crippen molar-refractivity contribution in [3.05, 3.63) is 106 Å². The molecule has 0 saturated heterocycles. The number of benzene rings is 3. The Balaban J connectivity index is 1.70. The number of alkyl halides is 2. The minimum atomic E-state index is -3.87. The molecule has 0 spiro atoms. The predicted octanol–water partition coefficient (Wildman–Crippen LogP) is 6.25. The standard InChI is InChI=1S/C22H20BrF2O4P/c23-21-13-16(11-12-20(21)22(24,25)29-30(26)27)14-28-15-19(17-7-3-1-4-8-17)18-9-5-2-6-10-18/h1-13,19,30H,14-15H2,(H,26,27). The number of rotatable bonds is 9. The number of ether oxygens (including phenoxy) is 1. The van der Waals surface area contributed by atoms with Gasteiger partial charge < -0.3 is 9.63 Å². The fraction of sp³-hybridized carbons (Fsp3) is 0.182. The van der Waals surface area contributed by atoms with Crippen LogP contribution in [0.15, 0.2) is 83.3 Å². The van der Waals surface area contributed by atoms with E-state index in [1.807, 2.05) is 60.7 Å². The zero-order valence-electron chi connectivity index (χ0n) is 15.8. The van der Waals surface area contributed by atoms with Crippen molar-refractivity contribution in [2.24, 2.45) is 0 Å². The van der Waals surface area contributed by atoms with Crippen LogP contribution < -0.4 is 0 Å². The molecule has 0 aliphatic rings. The van der Waals surface area contributed by atoms with E-state index in [4.69, 9.17) is 9.63 Å². The molecule has 0 aliphatic carbocycles. The lowest BCUT2D eigenvalue weighted by Gasteiger charge is -2.19. The minimum absolute atomic E-state index is 0.0371. The Morgan fingerprint density at radius 1 is 0.967 bits per heavy atom. The summed E-state index contributed by atoms with van der Waals surface area (Å²) >= 11 is 3.08.